The third-order valence-corrected chi connectivity index (χ3v) is 4.50. The molecule has 0 aliphatic carbocycles. The summed E-state index contributed by atoms with van der Waals surface area (Å²) in [5.74, 6) is -0.673. The van der Waals surface area contributed by atoms with Crippen molar-refractivity contribution in [2.45, 2.75) is 84.0 Å². The topological polar surface area (TPSA) is 74.2 Å². The molecular formula is C22H44O6. The van der Waals surface area contributed by atoms with Crippen LogP contribution in [0.2, 0.25) is 0 Å². The third-order valence-electron chi connectivity index (χ3n) is 4.50. The highest BCUT2D eigenvalue weighted by Gasteiger charge is 1.97. The fourth-order valence-corrected chi connectivity index (χ4v) is 2.88. The summed E-state index contributed by atoms with van der Waals surface area (Å²) in [6.07, 6.45) is 13.5. The van der Waals surface area contributed by atoms with Gasteiger partial charge in [-0.1, -0.05) is 57.8 Å². The van der Waals surface area contributed by atoms with Gasteiger partial charge in [0.05, 0.1) is 39.6 Å². The molecule has 0 saturated carbocycles. The molecule has 0 radical (unpaired) electrons. The van der Waals surface area contributed by atoms with Gasteiger partial charge in [0.15, 0.2) is 0 Å². The van der Waals surface area contributed by atoms with Crippen molar-refractivity contribution < 1.29 is 28.8 Å². The van der Waals surface area contributed by atoms with Crippen LogP contribution in [-0.2, 0) is 23.7 Å². The average Bonchev–Trinajstić information content (AvgIpc) is 2.68. The maximum absolute atomic E-state index is 10.4. The van der Waals surface area contributed by atoms with Crippen LogP contribution in [0.15, 0.2) is 0 Å². The molecule has 168 valence electrons. The van der Waals surface area contributed by atoms with Crippen molar-refractivity contribution in [2.75, 3.05) is 52.9 Å². The Morgan fingerprint density at radius 2 is 0.893 bits per heavy atom. The maximum atomic E-state index is 10.4. The van der Waals surface area contributed by atoms with Gasteiger partial charge in [-0.3, -0.25) is 4.79 Å². The Kier molecular flexibility index (Phi) is 23.7. The van der Waals surface area contributed by atoms with E-state index < -0.39 is 5.97 Å². The first-order chi connectivity index (χ1) is 13.8. The minimum Gasteiger partial charge on any atom is -0.481 e. The second-order valence-electron chi connectivity index (χ2n) is 7.07. The van der Waals surface area contributed by atoms with E-state index in [4.69, 9.17) is 24.1 Å². The van der Waals surface area contributed by atoms with Crippen LogP contribution in [0.3, 0.4) is 0 Å². The largest absolute Gasteiger partial charge is 0.481 e. The Morgan fingerprint density at radius 1 is 0.536 bits per heavy atom. The van der Waals surface area contributed by atoms with Crippen LogP contribution in [0, 0.1) is 0 Å². The summed E-state index contributed by atoms with van der Waals surface area (Å²) in [5, 5.41) is 8.56. The van der Waals surface area contributed by atoms with Crippen LogP contribution in [0.1, 0.15) is 84.0 Å². The highest BCUT2D eigenvalue weighted by molar-refractivity contribution is 5.66. The average molecular weight is 405 g/mol. The van der Waals surface area contributed by atoms with Crippen LogP contribution in [0.25, 0.3) is 0 Å². The van der Waals surface area contributed by atoms with Crippen molar-refractivity contribution in [1.29, 1.82) is 0 Å². The summed E-state index contributed by atoms with van der Waals surface area (Å²) in [4.78, 5) is 10.4. The zero-order chi connectivity index (χ0) is 20.5. The van der Waals surface area contributed by atoms with Gasteiger partial charge in [-0.25, -0.2) is 0 Å². The third kappa shape index (κ3) is 25.3. The maximum Gasteiger partial charge on any atom is 0.303 e. The lowest BCUT2D eigenvalue weighted by Crippen LogP contribution is -2.12. The lowest BCUT2D eigenvalue weighted by Gasteiger charge is -2.07. The molecule has 0 rings (SSSR count). The number of ether oxygens (including phenoxy) is 4. The number of carbonyl (C=O) groups is 1. The second-order valence-corrected chi connectivity index (χ2v) is 7.07. The second kappa shape index (κ2) is 24.3. The Labute approximate surface area is 172 Å². The van der Waals surface area contributed by atoms with Gasteiger partial charge in [-0.05, 0) is 19.8 Å². The number of hydrogen-bond donors (Lipinski definition) is 1. The minimum absolute atomic E-state index is 0.321. The molecule has 0 heterocycles. The SMILES string of the molecule is CCOCCOCCOCCOCCCCCCCCCCCCCC(=O)O. The van der Waals surface area contributed by atoms with E-state index in [1.54, 1.807) is 0 Å². The van der Waals surface area contributed by atoms with Crippen molar-refractivity contribution in [2.24, 2.45) is 0 Å². The van der Waals surface area contributed by atoms with Crippen molar-refractivity contribution in [3.8, 4) is 0 Å². The number of unbranched alkanes of at least 4 members (excludes halogenated alkanes) is 10. The first-order valence-corrected chi connectivity index (χ1v) is 11.3. The Balaban J connectivity index is 2.99. The Morgan fingerprint density at radius 3 is 1.32 bits per heavy atom. The number of rotatable bonds is 24. The van der Waals surface area contributed by atoms with Crippen LogP contribution in [0.4, 0.5) is 0 Å². The molecular weight excluding hydrogens is 360 g/mol. The molecule has 0 fully saturated rings. The van der Waals surface area contributed by atoms with Gasteiger partial charge in [0.1, 0.15) is 0 Å². The summed E-state index contributed by atoms with van der Waals surface area (Å²) in [6.45, 7) is 7.31. The van der Waals surface area contributed by atoms with Crippen molar-refractivity contribution >= 4 is 5.97 Å². The van der Waals surface area contributed by atoms with Crippen molar-refractivity contribution in [3.63, 3.8) is 0 Å². The molecule has 0 aromatic carbocycles. The molecule has 0 bridgehead atoms. The van der Waals surface area contributed by atoms with E-state index in [9.17, 15) is 4.79 Å². The molecule has 0 aromatic rings. The van der Waals surface area contributed by atoms with Gasteiger partial charge in [0, 0.05) is 19.6 Å². The lowest BCUT2D eigenvalue weighted by molar-refractivity contribution is -0.137. The van der Waals surface area contributed by atoms with E-state index in [1.165, 1.54) is 51.4 Å². The Bertz CT molecular complexity index is 311. The van der Waals surface area contributed by atoms with E-state index in [1.807, 2.05) is 6.92 Å². The number of aliphatic carboxylic acids is 1. The molecule has 0 aliphatic rings. The fourth-order valence-electron chi connectivity index (χ4n) is 2.88. The first-order valence-electron chi connectivity index (χ1n) is 11.3. The molecule has 28 heavy (non-hydrogen) atoms. The predicted molar refractivity (Wildman–Crippen MR) is 112 cm³/mol. The fraction of sp³-hybridized carbons (Fsp3) is 0.955. The van der Waals surface area contributed by atoms with E-state index in [0.29, 0.717) is 46.1 Å². The molecule has 0 saturated heterocycles. The molecule has 0 atom stereocenters. The van der Waals surface area contributed by atoms with Gasteiger partial charge in [0.25, 0.3) is 0 Å². The zero-order valence-corrected chi connectivity index (χ0v) is 18.1. The summed E-state index contributed by atoms with van der Waals surface area (Å²) in [5.41, 5.74) is 0. The van der Waals surface area contributed by atoms with Gasteiger partial charge >= 0.3 is 5.97 Å². The zero-order valence-electron chi connectivity index (χ0n) is 18.1. The summed E-state index contributed by atoms with van der Waals surface area (Å²) < 4.78 is 21.6. The minimum atomic E-state index is -0.673. The van der Waals surface area contributed by atoms with E-state index in [2.05, 4.69) is 0 Å². The number of carboxylic acid groups (broad SMARTS) is 1. The Hall–Kier alpha value is -0.690. The van der Waals surface area contributed by atoms with Gasteiger partial charge < -0.3 is 24.1 Å². The normalized spacial score (nSPS) is 11.2. The van der Waals surface area contributed by atoms with Gasteiger partial charge in [0.2, 0.25) is 0 Å². The quantitative estimate of drug-likeness (QED) is 0.232. The first kappa shape index (κ1) is 27.3. The highest BCUT2D eigenvalue weighted by atomic mass is 16.6. The lowest BCUT2D eigenvalue weighted by atomic mass is 10.1. The van der Waals surface area contributed by atoms with Crippen LogP contribution < -0.4 is 0 Å². The molecule has 0 spiro atoms. The number of hydrogen-bond acceptors (Lipinski definition) is 5. The smallest absolute Gasteiger partial charge is 0.303 e. The molecule has 6 nitrogen and oxygen atoms in total. The standard InChI is InChI=1S/C22H44O6/c1-2-25-16-17-27-20-21-28-19-18-26-15-13-11-9-7-5-3-4-6-8-10-12-14-22(23)24/h2-21H2,1H3,(H,23,24). The summed E-state index contributed by atoms with van der Waals surface area (Å²) in [7, 11) is 0. The predicted octanol–water partition coefficient (Wildman–Crippen LogP) is 4.84. The van der Waals surface area contributed by atoms with Crippen molar-refractivity contribution in [3.05, 3.63) is 0 Å². The van der Waals surface area contributed by atoms with E-state index in [-0.39, 0.29) is 0 Å². The van der Waals surface area contributed by atoms with Crippen LogP contribution in [-0.4, -0.2) is 63.9 Å². The van der Waals surface area contributed by atoms with Gasteiger partial charge in [-0.2, -0.15) is 0 Å². The van der Waals surface area contributed by atoms with Crippen molar-refractivity contribution in [1.82, 2.24) is 0 Å². The highest BCUT2D eigenvalue weighted by Crippen LogP contribution is 2.12. The van der Waals surface area contributed by atoms with Crippen LogP contribution in [0.5, 0.6) is 0 Å². The molecule has 0 unspecified atom stereocenters. The summed E-state index contributed by atoms with van der Waals surface area (Å²) >= 11 is 0. The molecule has 6 heteroatoms. The molecule has 0 amide bonds. The van der Waals surface area contributed by atoms with E-state index in [0.717, 1.165) is 32.5 Å². The molecule has 1 N–H and O–H groups in total. The number of carboxylic acids is 1. The van der Waals surface area contributed by atoms with E-state index >= 15 is 0 Å². The summed E-state index contributed by atoms with van der Waals surface area (Å²) in [6, 6.07) is 0. The molecule has 0 aliphatic heterocycles. The molecule has 0 aromatic heterocycles. The monoisotopic (exact) mass is 404 g/mol. The van der Waals surface area contributed by atoms with Gasteiger partial charge in [-0.15, -0.1) is 0 Å². The van der Waals surface area contributed by atoms with Crippen LogP contribution >= 0.6 is 0 Å².